The molecule has 48 heavy (non-hydrogen) atoms. The highest BCUT2D eigenvalue weighted by Crippen LogP contribution is 2.10. The second-order valence-electron chi connectivity index (χ2n) is 9.52. The molecule has 0 saturated carbocycles. The van der Waals surface area contributed by atoms with E-state index in [9.17, 15) is 38.7 Å². The number of hydrogen-bond acceptors (Lipinski definition) is 16. The average Bonchev–Trinajstić information content (AvgIpc) is 2.96. The van der Waals surface area contributed by atoms with Crippen LogP contribution in [0.4, 0.5) is 4.79 Å². The fourth-order valence-corrected chi connectivity index (χ4v) is 1.85. The molecule has 0 aromatic rings. The first-order valence-electron chi connectivity index (χ1n) is 14.0. The Morgan fingerprint density at radius 2 is 1.29 bits per heavy atom. The van der Waals surface area contributed by atoms with Crippen LogP contribution >= 0.6 is 11.6 Å². The third-order valence-electron chi connectivity index (χ3n) is 3.92. The first-order valence-corrected chi connectivity index (χ1v) is 14.3. The number of nitrogens with two attached hydrogens (primary N) is 1. The minimum Gasteiger partial charge on any atom is -0.501 e. The van der Waals surface area contributed by atoms with Crippen LogP contribution in [0, 0.1) is 6.92 Å². The highest BCUT2D eigenvalue weighted by atomic mass is 35.5. The fraction of sp³-hybridized carbons (Fsp3) is 0.552. The number of carbonyl (C=O) groups excluding carboxylic acids is 7. The van der Waals surface area contributed by atoms with E-state index in [-0.39, 0.29) is 38.3 Å². The molecule has 0 aromatic heterocycles. The molecule has 0 bridgehead atoms. The lowest BCUT2D eigenvalue weighted by Crippen LogP contribution is -2.31. The number of hydrazone groups is 1. The Balaban J connectivity index is -0.000000328. The highest BCUT2D eigenvalue weighted by Gasteiger charge is 2.23. The lowest BCUT2D eigenvalue weighted by molar-refractivity contribution is -0.150. The predicted molar refractivity (Wildman–Crippen MR) is 175 cm³/mol. The number of carbonyl (C=O) groups is 7. The molecule has 0 fully saturated rings. The van der Waals surface area contributed by atoms with E-state index in [0.717, 1.165) is 16.2 Å². The molecule has 18 nitrogen and oxygen atoms in total. The smallest absolute Gasteiger partial charge is 0.430 e. The van der Waals surface area contributed by atoms with E-state index in [1.54, 1.807) is 52.6 Å². The van der Waals surface area contributed by atoms with Crippen molar-refractivity contribution in [2.45, 2.75) is 54.1 Å². The van der Waals surface area contributed by atoms with Gasteiger partial charge in [0.2, 0.25) is 18.3 Å². The molecule has 0 heterocycles. The SMILES string of the molecule is CC(=O)N(C)N.CCOC(=O)C(=O)Cl.CCOC(=O)C(O)=C(C=NN(C)C(=O)OC(C)(C)C)C(=O)OCC.[CH2+]COC(=O)/C=C/N(C)C. The third-order valence-corrected chi connectivity index (χ3v) is 4.08. The van der Waals surface area contributed by atoms with Gasteiger partial charge >= 0.3 is 35.2 Å². The Labute approximate surface area is 286 Å². The van der Waals surface area contributed by atoms with Crippen molar-refractivity contribution < 1.29 is 62.4 Å². The van der Waals surface area contributed by atoms with Crippen molar-refractivity contribution >= 4 is 58.9 Å². The number of aliphatic hydroxyl groups excluding tert-OH is 1. The molecule has 0 atom stereocenters. The first-order chi connectivity index (χ1) is 22.0. The van der Waals surface area contributed by atoms with Crippen molar-refractivity contribution in [2.24, 2.45) is 10.9 Å². The Bertz CT molecular complexity index is 1130. The molecule has 0 radical (unpaired) electrons. The summed E-state index contributed by atoms with van der Waals surface area (Å²) in [7, 11) is 6.44. The van der Waals surface area contributed by atoms with Gasteiger partial charge in [-0.1, -0.05) is 0 Å². The number of aliphatic hydroxyl groups is 1. The van der Waals surface area contributed by atoms with Gasteiger partial charge in [0, 0.05) is 47.4 Å². The Kier molecular flexibility index (Phi) is 29.6. The van der Waals surface area contributed by atoms with Crippen LogP contribution in [0.2, 0.25) is 0 Å². The zero-order chi connectivity index (χ0) is 38.6. The summed E-state index contributed by atoms with van der Waals surface area (Å²) >= 11 is 4.69. The summed E-state index contributed by atoms with van der Waals surface area (Å²) in [6.07, 6.45) is 3.02. The summed E-state index contributed by atoms with van der Waals surface area (Å²) in [6, 6.07) is 0. The van der Waals surface area contributed by atoms with Gasteiger partial charge in [-0.2, -0.15) is 5.10 Å². The molecule has 0 aliphatic heterocycles. The van der Waals surface area contributed by atoms with E-state index < -0.39 is 46.2 Å². The summed E-state index contributed by atoms with van der Waals surface area (Å²) in [4.78, 5) is 77.3. The number of ether oxygens (including phenoxy) is 5. The van der Waals surface area contributed by atoms with Crippen molar-refractivity contribution in [3.8, 4) is 0 Å². The van der Waals surface area contributed by atoms with Crippen LogP contribution in [0.15, 0.2) is 28.7 Å². The summed E-state index contributed by atoms with van der Waals surface area (Å²) in [5.41, 5.74) is -1.26. The maximum Gasteiger partial charge on any atom is 0.430 e. The fourth-order valence-electron chi connectivity index (χ4n) is 1.79. The number of hydrazine groups is 1. The van der Waals surface area contributed by atoms with Crippen LogP contribution < -0.4 is 5.84 Å². The zero-order valence-corrected chi connectivity index (χ0v) is 30.1. The number of halogens is 1. The van der Waals surface area contributed by atoms with E-state index in [2.05, 4.69) is 26.2 Å². The number of hydrogen-bond donors (Lipinski definition) is 2. The Morgan fingerprint density at radius 1 is 0.854 bits per heavy atom. The van der Waals surface area contributed by atoms with Gasteiger partial charge in [0.05, 0.1) is 26.0 Å². The monoisotopic (exact) mass is 710 g/mol. The summed E-state index contributed by atoms with van der Waals surface area (Å²) in [5, 5.41) is 14.3. The molecule has 0 unspecified atom stereocenters. The molecule has 0 aliphatic rings. The predicted octanol–water partition coefficient (Wildman–Crippen LogP) is 1.87. The third kappa shape index (κ3) is 31.2. The minimum atomic E-state index is -1.10. The number of esters is 4. The van der Waals surface area contributed by atoms with Gasteiger partial charge < -0.3 is 33.7 Å². The van der Waals surface area contributed by atoms with E-state index in [4.69, 9.17) is 26.9 Å². The van der Waals surface area contributed by atoms with Gasteiger partial charge in [-0.3, -0.25) is 14.6 Å². The normalized spacial score (nSPS) is 10.6. The molecular weight excluding hydrogens is 662 g/mol. The van der Waals surface area contributed by atoms with Gasteiger partial charge in [0.1, 0.15) is 18.1 Å². The zero-order valence-electron chi connectivity index (χ0n) is 29.4. The van der Waals surface area contributed by atoms with Gasteiger partial charge in [-0.05, 0) is 53.1 Å². The average molecular weight is 711 g/mol. The maximum atomic E-state index is 11.8. The molecule has 274 valence electrons. The minimum absolute atomic E-state index is 0.00789. The largest absolute Gasteiger partial charge is 0.501 e. The van der Waals surface area contributed by atoms with Crippen molar-refractivity contribution in [2.75, 3.05) is 54.6 Å². The van der Waals surface area contributed by atoms with Crippen LogP contribution in [-0.2, 0) is 52.5 Å². The summed E-state index contributed by atoms with van der Waals surface area (Å²) in [6.45, 7) is 14.9. The topological polar surface area (TPSA) is 234 Å². The van der Waals surface area contributed by atoms with Gasteiger partial charge in [0.25, 0.3) is 0 Å². The second kappa shape index (κ2) is 28.4. The maximum absolute atomic E-state index is 11.8. The molecular formula is C29H49ClN5O13+. The molecule has 0 aromatic carbocycles. The van der Waals surface area contributed by atoms with E-state index in [0.29, 0.717) is 0 Å². The van der Waals surface area contributed by atoms with Crippen molar-refractivity contribution in [1.82, 2.24) is 14.9 Å². The van der Waals surface area contributed by atoms with Crippen molar-refractivity contribution in [1.29, 1.82) is 0 Å². The molecule has 0 saturated heterocycles. The molecule has 0 rings (SSSR count). The first kappa shape index (κ1) is 50.0. The van der Waals surface area contributed by atoms with Crippen LogP contribution in [0.1, 0.15) is 48.5 Å². The van der Waals surface area contributed by atoms with Crippen LogP contribution in [0.5, 0.6) is 0 Å². The van der Waals surface area contributed by atoms with Gasteiger partial charge in [0.15, 0.2) is 0 Å². The van der Waals surface area contributed by atoms with Gasteiger partial charge in [-0.25, -0.2) is 34.8 Å². The van der Waals surface area contributed by atoms with Crippen molar-refractivity contribution in [3.63, 3.8) is 0 Å². The Hall–Kier alpha value is -4.84. The van der Waals surface area contributed by atoms with Crippen LogP contribution in [0.3, 0.4) is 0 Å². The summed E-state index contributed by atoms with van der Waals surface area (Å²) in [5.74, 6) is 0.392. The van der Waals surface area contributed by atoms with E-state index >= 15 is 0 Å². The lowest BCUT2D eigenvalue weighted by atomic mass is 10.2. The van der Waals surface area contributed by atoms with E-state index in [1.165, 1.54) is 27.1 Å². The number of amides is 2. The van der Waals surface area contributed by atoms with Crippen molar-refractivity contribution in [3.05, 3.63) is 30.5 Å². The lowest BCUT2D eigenvalue weighted by Gasteiger charge is -2.22. The molecule has 3 N–H and O–H groups in total. The molecule has 19 heteroatoms. The quantitative estimate of drug-likeness (QED) is 0.0266. The summed E-state index contributed by atoms with van der Waals surface area (Å²) < 4.78 is 23.1. The molecule has 2 amide bonds. The number of nitrogens with zero attached hydrogens (tertiary/aromatic N) is 4. The van der Waals surface area contributed by atoms with E-state index in [1.807, 2.05) is 14.1 Å². The Morgan fingerprint density at radius 3 is 1.62 bits per heavy atom. The highest BCUT2D eigenvalue weighted by molar-refractivity contribution is 6.80. The standard InChI is InChI=1S/C15H24N2O7.C7H12NO2.C4H5ClO3.C3H8N2O/c1-7-22-12(19)10(11(18)13(20)23-8-2)9-16-17(6)14(21)24-15(3,4)5;1-4-10-7(9)5-6-8(2)3;1-2-8-4(7)3(5)6;1-3(6)5(2)4/h9,18H,7-8H2,1-6H3;5-6H,1,4H2,2-3H3;2H2,1H3;4H2,1-2H3/q;+1;;/b;6-5+;;. The van der Waals surface area contributed by atoms with Gasteiger partial charge in [-0.15, -0.1) is 0 Å². The molecule has 0 aliphatic carbocycles. The van der Waals surface area contributed by atoms with Crippen LogP contribution in [0.25, 0.3) is 0 Å². The molecule has 0 spiro atoms. The van der Waals surface area contributed by atoms with Crippen LogP contribution in [-0.4, -0.2) is 128 Å². The number of rotatable bonds is 11. The second-order valence-corrected chi connectivity index (χ2v) is 9.87.